The number of carbonyl (C=O) groups is 1. The molecule has 2 aromatic rings. The van der Waals surface area contributed by atoms with E-state index in [1.54, 1.807) is 0 Å². The molecule has 0 radical (unpaired) electrons. The predicted molar refractivity (Wildman–Crippen MR) is 61.4 cm³/mol. The van der Waals surface area contributed by atoms with E-state index in [0.717, 1.165) is 0 Å². The van der Waals surface area contributed by atoms with E-state index in [2.05, 4.69) is 25.9 Å². The Hall–Kier alpha value is -2.24. The van der Waals surface area contributed by atoms with Crippen LogP contribution in [0.2, 0.25) is 0 Å². The minimum absolute atomic E-state index is 0.0604. The highest BCUT2D eigenvalue weighted by Crippen LogP contribution is 2.12. The molecule has 0 spiro atoms. The Labute approximate surface area is 98.4 Å². The van der Waals surface area contributed by atoms with Gasteiger partial charge in [0.2, 0.25) is 0 Å². The van der Waals surface area contributed by atoms with Gasteiger partial charge in [0.1, 0.15) is 0 Å². The molecule has 1 amide bonds. The van der Waals surface area contributed by atoms with Crippen molar-refractivity contribution in [2.24, 2.45) is 0 Å². The molecule has 0 fully saturated rings. The molecule has 1 aromatic carbocycles. The molecule has 1 heterocycles. The summed E-state index contributed by atoms with van der Waals surface area (Å²) < 4.78 is 0. The van der Waals surface area contributed by atoms with E-state index in [1.165, 1.54) is 5.56 Å². The number of H-pyrrole nitrogens is 1. The maximum absolute atomic E-state index is 11.5. The molecule has 6 heteroatoms. The lowest BCUT2D eigenvalue weighted by molar-refractivity contribution is 0.0941. The number of benzene rings is 1. The van der Waals surface area contributed by atoms with E-state index in [9.17, 15) is 4.79 Å². The Balaban J connectivity index is 1.89. The van der Waals surface area contributed by atoms with Gasteiger partial charge in [0, 0.05) is 6.54 Å². The van der Waals surface area contributed by atoms with Gasteiger partial charge in [0.05, 0.1) is 0 Å². The lowest BCUT2D eigenvalue weighted by Crippen LogP contribution is -2.28. The fourth-order valence-corrected chi connectivity index (χ4v) is 1.48. The zero-order chi connectivity index (χ0) is 12.1. The highest BCUT2D eigenvalue weighted by atomic mass is 16.2. The van der Waals surface area contributed by atoms with Gasteiger partial charge in [-0.25, -0.2) is 0 Å². The summed E-state index contributed by atoms with van der Waals surface area (Å²) in [6.07, 6.45) is 0. The van der Waals surface area contributed by atoms with E-state index in [-0.39, 0.29) is 17.6 Å². The molecule has 0 aliphatic heterocycles. The number of hydrogen-bond acceptors (Lipinski definition) is 4. The molecule has 0 saturated carbocycles. The molecule has 1 unspecified atom stereocenters. The molecular formula is C11H13N5O. The predicted octanol–water partition coefficient (Wildman–Crippen LogP) is 0.733. The monoisotopic (exact) mass is 231 g/mol. The van der Waals surface area contributed by atoms with Crippen molar-refractivity contribution in [2.75, 3.05) is 6.54 Å². The van der Waals surface area contributed by atoms with Crippen molar-refractivity contribution in [1.29, 1.82) is 0 Å². The fraction of sp³-hybridized carbons (Fsp3) is 0.273. The summed E-state index contributed by atoms with van der Waals surface area (Å²) in [7, 11) is 0. The zero-order valence-electron chi connectivity index (χ0n) is 9.42. The second-order valence-electron chi connectivity index (χ2n) is 3.76. The van der Waals surface area contributed by atoms with Crippen LogP contribution in [0, 0.1) is 0 Å². The average Bonchev–Trinajstić information content (AvgIpc) is 2.90. The van der Waals surface area contributed by atoms with Gasteiger partial charge in [-0.15, -0.1) is 10.2 Å². The van der Waals surface area contributed by atoms with Gasteiger partial charge in [-0.1, -0.05) is 37.3 Å². The number of hydrogen-bond donors (Lipinski definition) is 2. The topological polar surface area (TPSA) is 83.6 Å². The van der Waals surface area contributed by atoms with Crippen LogP contribution in [0.4, 0.5) is 0 Å². The highest BCUT2D eigenvalue weighted by Gasteiger charge is 2.12. The number of carbonyl (C=O) groups excluding carboxylic acids is 1. The Kier molecular flexibility index (Phi) is 3.44. The molecule has 2 rings (SSSR count). The molecule has 88 valence electrons. The SMILES string of the molecule is CC(CNC(=O)c1nn[nH]n1)c1ccccc1. The summed E-state index contributed by atoms with van der Waals surface area (Å²) in [4.78, 5) is 11.5. The first-order valence-corrected chi connectivity index (χ1v) is 5.34. The number of nitrogens with one attached hydrogen (secondary N) is 2. The molecule has 0 bridgehead atoms. The van der Waals surface area contributed by atoms with Crippen molar-refractivity contribution in [3.05, 3.63) is 41.7 Å². The smallest absolute Gasteiger partial charge is 0.292 e. The molecule has 1 atom stereocenters. The van der Waals surface area contributed by atoms with Crippen LogP contribution in [-0.2, 0) is 0 Å². The number of aromatic amines is 1. The quantitative estimate of drug-likeness (QED) is 0.812. The maximum atomic E-state index is 11.5. The molecule has 0 aliphatic carbocycles. The van der Waals surface area contributed by atoms with Crippen molar-refractivity contribution in [2.45, 2.75) is 12.8 Å². The second kappa shape index (κ2) is 5.20. The Morgan fingerprint density at radius 3 is 2.82 bits per heavy atom. The minimum atomic E-state index is -0.318. The third-order valence-electron chi connectivity index (χ3n) is 2.49. The third-order valence-corrected chi connectivity index (χ3v) is 2.49. The van der Waals surface area contributed by atoms with Crippen LogP contribution in [0.1, 0.15) is 29.0 Å². The largest absolute Gasteiger partial charge is 0.349 e. The van der Waals surface area contributed by atoms with E-state index in [1.807, 2.05) is 37.3 Å². The maximum Gasteiger partial charge on any atom is 0.292 e. The van der Waals surface area contributed by atoms with Crippen LogP contribution >= 0.6 is 0 Å². The van der Waals surface area contributed by atoms with Gasteiger partial charge in [-0.3, -0.25) is 4.79 Å². The number of aromatic nitrogens is 4. The van der Waals surface area contributed by atoms with Gasteiger partial charge in [-0.2, -0.15) is 5.21 Å². The Morgan fingerprint density at radius 2 is 2.18 bits per heavy atom. The van der Waals surface area contributed by atoms with Crippen LogP contribution in [-0.4, -0.2) is 33.1 Å². The van der Waals surface area contributed by atoms with E-state index < -0.39 is 0 Å². The molecule has 2 N–H and O–H groups in total. The Bertz CT molecular complexity index is 468. The molecule has 0 saturated heterocycles. The molecule has 6 nitrogen and oxygen atoms in total. The lowest BCUT2D eigenvalue weighted by Gasteiger charge is -2.11. The van der Waals surface area contributed by atoms with Crippen molar-refractivity contribution < 1.29 is 4.79 Å². The van der Waals surface area contributed by atoms with Gasteiger partial charge < -0.3 is 5.32 Å². The summed E-state index contributed by atoms with van der Waals surface area (Å²) in [6.45, 7) is 2.59. The number of rotatable bonds is 4. The summed E-state index contributed by atoms with van der Waals surface area (Å²) in [5.74, 6) is -0.0150. The van der Waals surface area contributed by atoms with Gasteiger partial charge >= 0.3 is 0 Å². The molecule has 17 heavy (non-hydrogen) atoms. The molecule has 1 aromatic heterocycles. The first-order chi connectivity index (χ1) is 8.27. The Morgan fingerprint density at radius 1 is 1.41 bits per heavy atom. The first kappa shape index (κ1) is 11.3. The van der Waals surface area contributed by atoms with Crippen molar-refractivity contribution in [3.63, 3.8) is 0 Å². The number of amides is 1. The average molecular weight is 231 g/mol. The molecule has 0 aliphatic rings. The normalized spacial score (nSPS) is 12.1. The molecular weight excluding hydrogens is 218 g/mol. The minimum Gasteiger partial charge on any atom is -0.349 e. The van der Waals surface area contributed by atoms with Crippen LogP contribution < -0.4 is 5.32 Å². The van der Waals surface area contributed by atoms with E-state index in [4.69, 9.17) is 0 Å². The van der Waals surface area contributed by atoms with Crippen LogP contribution in [0.3, 0.4) is 0 Å². The van der Waals surface area contributed by atoms with Gasteiger partial charge in [0.25, 0.3) is 11.7 Å². The van der Waals surface area contributed by atoms with E-state index in [0.29, 0.717) is 6.54 Å². The summed E-state index contributed by atoms with van der Waals surface area (Å²) >= 11 is 0. The summed E-state index contributed by atoms with van der Waals surface area (Å²) in [5.41, 5.74) is 1.18. The van der Waals surface area contributed by atoms with Crippen molar-refractivity contribution in [1.82, 2.24) is 25.9 Å². The second-order valence-corrected chi connectivity index (χ2v) is 3.76. The van der Waals surface area contributed by atoms with Crippen molar-refractivity contribution >= 4 is 5.91 Å². The van der Waals surface area contributed by atoms with Crippen LogP contribution in [0.15, 0.2) is 30.3 Å². The number of tetrazole rings is 1. The van der Waals surface area contributed by atoms with Crippen LogP contribution in [0.25, 0.3) is 0 Å². The van der Waals surface area contributed by atoms with Crippen molar-refractivity contribution in [3.8, 4) is 0 Å². The summed E-state index contributed by atoms with van der Waals surface area (Å²) in [6, 6.07) is 9.99. The lowest BCUT2D eigenvalue weighted by atomic mass is 10.0. The first-order valence-electron chi connectivity index (χ1n) is 5.34. The van der Waals surface area contributed by atoms with Gasteiger partial charge in [0.15, 0.2) is 0 Å². The highest BCUT2D eigenvalue weighted by molar-refractivity contribution is 5.90. The zero-order valence-corrected chi connectivity index (χ0v) is 9.42. The van der Waals surface area contributed by atoms with E-state index >= 15 is 0 Å². The number of nitrogens with zero attached hydrogens (tertiary/aromatic N) is 3. The van der Waals surface area contributed by atoms with Crippen LogP contribution in [0.5, 0.6) is 0 Å². The fourth-order valence-electron chi connectivity index (χ4n) is 1.48. The third kappa shape index (κ3) is 2.87. The standard InChI is InChI=1S/C11H13N5O/c1-8(9-5-3-2-4-6-9)7-12-11(17)10-13-15-16-14-10/h2-6,8H,7H2,1H3,(H,12,17)(H,13,14,15,16). The van der Waals surface area contributed by atoms with Gasteiger partial charge in [-0.05, 0) is 16.7 Å². The summed E-state index contributed by atoms with van der Waals surface area (Å²) in [5, 5.41) is 15.5.